The minimum Gasteiger partial charge on any atom is -0.478 e. The molecule has 4 aromatic carbocycles. The summed E-state index contributed by atoms with van der Waals surface area (Å²) in [5.74, 6) is -2.25. The lowest BCUT2D eigenvalue weighted by Crippen LogP contribution is -2.23. The zero-order valence-electron chi connectivity index (χ0n) is 21.3. The van der Waals surface area contributed by atoms with Gasteiger partial charge in [0.15, 0.2) is 0 Å². The maximum atomic E-state index is 14.2. The highest BCUT2D eigenvalue weighted by molar-refractivity contribution is 7.99. The number of aromatic amines is 1. The third kappa shape index (κ3) is 6.11. The predicted molar refractivity (Wildman–Crippen MR) is 146 cm³/mol. The van der Waals surface area contributed by atoms with E-state index in [0.717, 1.165) is 30.0 Å². The summed E-state index contributed by atoms with van der Waals surface area (Å²) in [5.41, 5.74) is 1.33. The number of nitriles is 1. The smallest absolute Gasteiger partial charge is 0.416 e. The predicted octanol–water partition coefficient (Wildman–Crippen LogP) is 7.04. The number of carboxylic acids is 1. The van der Waals surface area contributed by atoms with Gasteiger partial charge in [0.2, 0.25) is 0 Å². The summed E-state index contributed by atoms with van der Waals surface area (Å²) < 4.78 is 53.3. The van der Waals surface area contributed by atoms with Crippen LogP contribution in [0.3, 0.4) is 0 Å². The average molecular weight is 591 g/mol. The Labute approximate surface area is 239 Å². The van der Waals surface area contributed by atoms with E-state index in [0.29, 0.717) is 37.5 Å². The molecule has 0 aliphatic heterocycles. The number of carbonyl (C=O) groups is 2. The van der Waals surface area contributed by atoms with Crippen LogP contribution in [0.25, 0.3) is 22.0 Å². The van der Waals surface area contributed by atoms with E-state index >= 15 is 0 Å². The molecule has 1 amide bonds. The summed E-state index contributed by atoms with van der Waals surface area (Å²) in [6, 6.07) is 19.3. The number of hydrogen-bond donors (Lipinski definition) is 3. The van der Waals surface area contributed by atoms with Gasteiger partial charge in [-0.1, -0.05) is 23.9 Å². The lowest BCUT2D eigenvalue weighted by Gasteiger charge is -2.11. The second kappa shape index (κ2) is 11.4. The Morgan fingerprint density at radius 3 is 2.31 bits per heavy atom. The Hall–Kier alpha value is -5.15. The first-order valence-corrected chi connectivity index (χ1v) is 13.0. The van der Waals surface area contributed by atoms with Gasteiger partial charge in [0.05, 0.1) is 33.8 Å². The van der Waals surface area contributed by atoms with Crippen LogP contribution in [-0.2, 0) is 12.7 Å². The summed E-state index contributed by atoms with van der Waals surface area (Å²) in [6.45, 7) is 0.0578. The van der Waals surface area contributed by atoms with Crippen molar-refractivity contribution in [2.45, 2.75) is 22.6 Å². The largest absolute Gasteiger partial charge is 0.478 e. The fourth-order valence-electron chi connectivity index (χ4n) is 4.23. The van der Waals surface area contributed by atoms with Crippen LogP contribution in [0.1, 0.15) is 37.4 Å². The number of aromatic nitrogens is 2. The normalized spacial score (nSPS) is 11.3. The number of nitrogens with zero attached hydrogens (tertiary/aromatic N) is 2. The molecular weight excluding hydrogens is 572 g/mol. The number of amides is 1. The molecule has 1 heterocycles. The standard InChI is InChI=1S/C30H18F4N4O3S/c31-22-10-17(14-35)9-19(11-22)20-12-24(27(39)36-15-16-1-3-18(4-2-16)29(40)41)26-25(13-20)37-38-28(26)42-23-7-5-21(6-8-23)30(32,33)34/h1-13H,15H2,(H,36,39)(H,37,38)(H,40,41). The second-order valence-electron chi connectivity index (χ2n) is 9.12. The monoisotopic (exact) mass is 590 g/mol. The number of carbonyl (C=O) groups excluding carboxylic acids is 1. The number of aromatic carboxylic acids is 1. The van der Waals surface area contributed by atoms with Gasteiger partial charge >= 0.3 is 12.1 Å². The highest BCUT2D eigenvalue weighted by Crippen LogP contribution is 2.38. The van der Waals surface area contributed by atoms with Crippen molar-refractivity contribution in [1.29, 1.82) is 5.26 Å². The summed E-state index contributed by atoms with van der Waals surface area (Å²) in [5, 5.41) is 29.0. The van der Waals surface area contributed by atoms with Crippen LogP contribution >= 0.6 is 11.8 Å². The van der Waals surface area contributed by atoms with Crippen LogP contribution in [-0.4, -0.2) is 27.2 Å². The molecule has 3 N–H and O–H groups in total. The first-order valence-electron chi connectivity index (χ1n) is 12.2. The number of alkyl halides is 3. The molecule has 0 unspecified atom stereocenters. The van der Waals surface area contributed by atoms with Gasteiger partial charge in [0.25, 0.3) is 5.91 Å². The molecule has 0 fully saturated rings. The molecule has 0 bridgehead atoms. The number of fused-ring (bicyclic) bond motifs is 1. The zero-order valence-corrected chi connectivity index (χ0v) is 22.1. The van der Waals surface area contributed by atoms with Gasteiger partial charge in [0.1, 0.15) is 10.8 Å². The summed E-state index contributed by atoms with van der Waals surface area (Å²) in [4.78, 5) is 25.1. The summed E-state index contributed by atoms with van der Waals surface area (Å²) in [7, 11) is 0. The molecule has 5 aromatic rings. The number of rotatable bonds is 7. The highest BCUT2D eigenvalue weighted by Gasteiger charge is 2.30. The summed E-state index contributed by atoms with van der Waals surface area (Å²) >= 11 is 1.06. The molecule has 0 aliphatic rings. The van der Waals surface area contributed by atoms with Gasteiger partial charge in [-0.05, 0) is 83.4 Å². The van der Waals surface area contributed by atoms with Crippen molar-refractivity contribution in [2.75, 3.05) is 0 Å². The minimum atomic E-state index is -4.49. The van der Waals surface area contributed by atoms with Crippen LogP contribution in [0.2, 0.25) is 0 Å². The number of halogens is 4. The van der Waals surface area contributed by atoms with Crippen LogP contribution in [0.15, 0.2) is 88.8 Å². The molecule has 0 aliphatic carbocycles. The first kappa shape index (κ1) is 28.4. The number of benzene rings is 4. The van der Waals surface area contributed by atoms with Gasteiger partial charge < -0.3 is 10.4 Å². The van der Waals surface area contributed by atoms with E-state index in [1.54, 1.807) is 18.2 Å². The molecule has 12 heteroatoms. The van der Waals surface area contributed by atoms with E-state index in [2.05, 4.69) is 15.5 Å². The maximum Gasteiger partial charge on any atom is 0.416 e. The summed E-state index contributed by atoms with van der Waals surface area (Å²) in [6.07, 6.45) is -4.49. The van der Waals surface area contributed by atoms with Crippen molar-refractivity contribution in [2.24, 2.45) is 0 Å². The van der Waals surface area contributed by atoms with Gasteiger partial charge in [-0.15, -0.1) is 0 Å². The second-order valence-corrected chi connectivity index (χ2v) is 10.2. The van der Waals surface area contributed by atoms with E-state index in [9.17, 15) is 32.4 Å². The molecule has 42 heavy (non-hydrogen) atoms. The van der Waals surface area contributed by atoms with Crippen molar-refractivity contribution < 1.29 is 32.3 Å². The van der Waals surface area contributed by atoms with Crippen LogP contribution < -0.4 is 5.32 Å². The molecule has 5 rings (SSSR count). The Kier molecular flexibility index (Phi) is 7.69. The molecule has 0 saturated carbocycles. The third-order valence-corrected chi connectivity index (χ3v) is 7.28. The Morgan fingerprint density at radius 1 is 0.976 bits per heavy atom. The number of nitrogens with one attached hydrogen (secondary N) is 2. The van der Waals surface area contributed by atoms with Crippen molar-refractivity contribution in [3.05, 3.63) is 112 Å². The van der Waals surface area contributed by atoms with Crippen molar-refractivity contribution in [3.63, 3.8) is 0 Å². The lowest BCUT2D eigenvalue weighted by molar-refractivity contribution is -0.137. The minimum absolute atomic E-state index is 0.0578. The highest BCUT2D eigenvalue weighted by atomic mass is 32.2. The molecule has 210 valence electrons. The van der Waals surface area contributed by atoms with Crippen molar-refractivity contribution in [1.82, 2.24) is 15.5 Å². The Morgan fingerprint density at radius 2 is 1.67 bits per heavy atom. The van der Waals surface area contributed by atoms with Crippen LogP contribution in [0.4, 0.5) is 17.6 Å². The maximum absolute atomic E-state index is 14.2. The first-order chi connectivity index (χ1) is 20.0. The molecule has 0 atom stereocenters. The Bertz CT molecular complexity index is 1860. The average Bonchev–Trinajstić information content (AvgIpc) is 3.37. The van der Waals surface area contributed by atoms with E-state index < -0.39 is 29.4 Å². The number of H-pyrrole nitrogens is 1. The topological polar surface area (TPSA) is 119 Å². The fraction of sp³-hybridized carbons (Fsp3) is 0.0667. The quantitative estimate of drug-likeness (QED) is 0.175. The molecule has 7 nitrogen and oxygen atoms in total. The number of hydrogen-bond acceptors (Lipinski definition) is 5. The van der Waals surface area contributed by atoms with Crippen molar-refractivity contribution >= 4 is 34.5 Å². The molecular formula is C30H18F4N4O3S. The SMILES string of the molecule is N#Cc1cc(F)cc(-c2cc(C(=O)NCc3ccc(C(=O)O)cc3)c3c(Sc4ccc(C(F)(F)F)cc4)n[nH]c3c2)c1. The lowest BCUT2D eigenvalue weighted by atomic mass is 9.98. The molecule has 0 radical (unpaired) electrons. The third-order valence-electron chi connectivity index (χ3n) is 6.29. The van der Waals surface area contributed by atoms with E-state index in [1.807, 2.05) is 6.07 Å². The van der Waals surface area contributed by atoms with Crippen LogP contribution in [0, 0.1) is 17.1 Å². The zero-order chi connectivity index (χ0) is 30.0. The van der Waals surface area contributed by atoms with E-state index in [4.69, 9.17) is 5.11 Å². The van der Waals surface area contributed by atoms with Gasteiger partial charge in [0, 0.05) is 16.8 Å². The van der Waals surface area contributed by atoms with Crippen LogP contribution in [0.5, 0.6) is 0 Å². The number of carboxylic acid groups (broad SMARTS) is 1. The van der Waals surface area contributed by atoms with Gasteiger partial charge in [-0.3, -0.25) is 9.89 Å². The van der Waals surface area contributed by atoms with E-state index in [1.165, 1.54) is 42.5 Å². The van der Waals surface area contributed by atoms with Gasteiger partial charge in [-0.2, -0.15) is 23.5 Å². The molecule has 0 saturated heterocycles. The Balaban J connectivity index is 1.53. The molecule has 1 aromatic heterocycles. The van der Waals surface area contributed by atoms with Crippen molar-refractivity contribution in [3.8, 4) is 17.2 Å². The van der Waals surface area contributed by atoms with E-state index in [-0.39, 0.29) is 23.2 Å². The fourth-order valence-corrected chi connectivity index (χ4v) is 5.14. The molecule has 0 spiro atoms. The van der Waals surface area contributed by atoms with Gasteiger partial charge in [-0.25, -0.2) is 9.18 Å².